The summed E-state index contributed by atoms with van der Waals surface area (Å²) in [6.45, 7) is 1.75. The number of allylic oxidation sites excluding steroid dienone is 2. The number of likely N-dealkylation sites (tertiary alicyclic amines) is 1. The smallest absolute Gasteiger partial charge is 0.241 e. The molecule has 0 radical (unpaired) electrons. The summed E-state index contributed by atoms with van der Waals surface area (Å²) in [5.41, 5.74) is 0.188. The number of nitrogens with zero attached hydrogens (tertiary/aromatic N) is 2. The summed E-state index contributed by atoms with van der Waals surface area (Å²) in [5, 5.41) is 10.5. The van der Waals surface area contributed by atoms with Crippen molar-refractivity contribution in [2.75, 3.05) is 19.1 Å². The highest BCUT2D eigenvalue weighted by atomic mass is 35.5. The van der Waals surface area contributed by atoms with Crippen molar-refractivity contribution >= 4 is 40.9 Å². The van der Waals surface area contributed by atoms with Crippen LogP contribution in [0, 0.1) is 34.9 Å². The Morgan fingerprint density at radius 3 is 2.24 bits per heavy atom. The van der Waals surface area contributed by atoms with Gasteiger partial charge in [0.1, 0.15) is 5.82 Å². The molecule has 4 fully saturated rings. The van der Waals surface area contributed by atoms with Crippen molar-refractivity contribution in [1.29, 1.82) is 0 Å². The number of carbonyl (C=O) groups excluding carboxylic acids is 4. The molecule has 0 spiro atoms. The van der Waals surface area contributed by atoms with Crippen LogP contribution < -0.4 is 14.4 Å². The van der Waals surface area contributed by atoms with Gasteiger partial charge in [-0.1, -0.05) is 42.5 Å². The maximum absolute atomic E-state index is 14.6. The first-order valence-corrected chi connectivity index (χ1v) is 16.3. The van der Waals surface area contributed by atoms with Gasteiger partial charge in [-0.15, -0.1) is 0 Å². The molecule has 5 aliphatic rings. The second kappa shape index (κ2) is 11.1. The molecule has 2 aliphatic heterocycles. The minimum Gasteiger partial charge on any atom is -0.502 e. The summed E-state index contributed by atoms with van der Waals surface area (Å²) < 4.78 is 25.1. The second-order valence-electron chi connectivity index (χ2n) is 13.4. The predicted molar refractivity (Wildman–Crippen MR) is 166 cm³/mol. The zero-order valence-corrected chi connectivity index (χ0v) is 26.7. The van der Waals surface area contributed by atoms with Crippen molar-refractivity contribution in [3.05, 3.63) is 58.4 Å². The standard InChI is InChI=1S/C35H36ClFN2O7/c1-35-23(32(42)39(34(35)44)19-9-12-25(37)24(36)15-19)16-22-20(29(35)17-13-26(45-2)30(40)27(14-17)46-3)10-11-21-28(22)33(43)38(31(21)41)18-7-5-4-6-8-18/h9-10,12-15,18,21-23,28-29,40H,4-8,11,16H2,1-3H3/t21-,22+,23-,28-,29-,35+/m0/s1. The highest BCUT2D eigenvalue weighted by molar-refractivity contribution is 6.31. The van der Waals surface area contributed by atoms with Gasteiger partial charge >= 0.3 is 0 Å². The van der Waals surface area contributed by atoms with Gasteiger partial charge in [-0.3, -0.25) is 24.1 Å². The molecule has 0 bridgehead atoms. The average molecular weight is 651 g/mol. The Labute approximate surface area is 271 Å². The number of phenols is 1. The minimum absolute atomic E-state index is 0.119. The molecule has 0 unspecified atom stereocenters. The van der Waals surface area contributed by atoms with Gasteiger partial charge in [-0.05, 0) is 74.4 Å². The van der Waals surface area contributed by atoms with E-state index in [1.165, 1.54) is 31.3 Å². The fraction of sp³-hybridized carbons (Fsp3) is 0.486. The van der Waals surface area contributed by atoms with E-state index >= 15 is 0 Å². The topological polar surface area (TPSA) is 113 Å². The summed E-state index contributed by atoms with van der Waals surface area (Å²) >= 11 is 6.09. The summed E-state index contributed by atoms with van der Waals surface area (Å²) in [5.74, 6) is -5.20. The van der Waals surface area contributed by atoms with E-state index in [0.29, 0.717) is 12.0 Å². The van der Waals surface area contributed by atoms with Crippen LogP contribution in [-0.4, -0.2) is 53.9 Å². The third kappa shape index (κ3) is 4.25. The van der Waals surface area contributed by atoms with Crippen molar-refractivity contribution in [3.63, 3.8) is 0 Å². The first-order valence-electron chi connectivity index (χ1n) is 15.9. The van der Waals surface area contributed by atoms with Crippen molar-refractivity contribution < 1.29 is 38.1 Å². The third-order valence-electron chi connectivity index (χ3n) is 11.2. The Balaban J connectivity index is 1.38. The molecule has 2 saturated heterocycles. The zero-order valence-electron chi connectivity index (χ0n) is 25.9. The molecule has 242 valence electrons. The molecule has 46 heavy (non-hydrogen) atoms. The maximum atomic E-state index is 14.6. The molecule has 6 atom stereocenters. The van der Waals surface area contributed by atoms with Gasteiger partial charge in [0.05, 0.1) is 48.1 Å². The Hall–Kier alpha value is -3.92. The molecule has 11 heteroatoms. The summed E-state index contributed by atoms with van der Waals surface area (Å²) in [6.07, 6.45) is 7.12. The van der Waals surface area contributed by atoms with Crippen LogP contribution in [-0.2, 0) is 19.2 Å². The molecule has 2 aromatic carbocycles. The van der Waals surface area contributed by atoms with E-state index in [0.717, 1.165) is 48.6 Å². The van der Waals surface area contributed by atoms with Gasteiger partial charge in [-0.25, -0.2) is 9.29 Å². The number of methoxy groups -OCH3 is 2. The highest BCUT2D eigenvalue weighted by Gasteiger charge is 2.68. The first-order chi connectivity index (χ1) is 22.0. The van der Waals surface area contributed by atoms with E-state index in [4.69, 9.17) is 21.1 Å². The van der Waals surface area contributed by atoms with E-state index in [1.54, 1.807) is 19.1 Å². The Kier molecular flexibility index (Phi) is 7.42. The summed E-state index contributed by atoms with van der Waals surface area (Å²) in [6, 6.07) is 6.87. The zero-order chi connectivity index (χ0) is 32.7. The van der Waals surface area contributed by atoms with Gasteiger partial charge in [0.25, 0.3) is 0 Å². The van der Waals surface area contributed by atoms with E-state index in [2.05, 4.69) is 0 Å². The number of imide groups is 2. The van der Waals surface area contributed by atoms with Gasteiger partial charge in [-0.2, -0.15) is 0 Å². The van der Waals surface area contributed by atoms with Crippen LogP contribution in [0.3, 0.4) is 0 Å². The first kappa shape index (κ1) is 30.7. The average Bonchev–Trinajstić information content (AvgIpc) is 3.42. The second-order valence-corrected chi connectivity index (χ2v) is 13.8. The van der Waals surface area contributed by atoms with Crippen LogP contribution in [0.5, 0.6) is 17.2 Å². The number of hydrogen-bond donors (Lipinski definition) is 1. The Morgan fingerprint density at radius 1 is 0.935 bits per heavy atom. The summed E-state index contributed by atoms with van der Waals surface area (Å²) in [4.78, 5) is 59.6. The molecule has 2 saturated carbocycles. The largest absolute Gasteiger partial charge is 0.502 e. The van der Waals surface area contributed by atoms with Crippen molar-refractivity contribution in [2.45, 2.75) is 63.8 Å². The number of aromatic hydroxyl groups is 1. The highest BCUT2D eigenvalue weighted by Crippen LogP contribution is 2.64. The lowest BCUT2D eigenvalue weighted by molar-refractivity contribution is -0.144. The van der Waals surface area contributed by atoms with Crippen LogP contribution in [0.2, 0.25) is 5.02 Å². The molecular weight excluding hydrogens is 615 g/mol. The van der Waals surface area contributed by atoms with Gasteiger partial charge in [0.15, 0.2) is 11.5 Å². The number of ether oxygens (including phenoxy) is 2. The molecule has 2 aromatic rings. The SMILES string of the molecule is COc1cc([C@H]2C3=CC[C@@H]4C(=O)N(C5CCCCC5)C(=O)[C@@H]4[C@@H]3C[C@H]3C(=O)N(c4ccc(F)c(Cl)c4)C(=O)[C@@]23C)cc(OC)c1O. The van der Waals surface area contributed by atoms with Gasteiger partial charge in [0, 0.05) is 12.0 Å². The molecular formula is C35H36ClFN2O7. The molecule has 1 N–H and O–H groups in total. The van der Waals surface area contributed by atoms with Crippen LogP contribution in [0.15, 0.2) is 42.0 Å². The molecule has 9 nitrogen and oxygen atoms in total. The number of hydrogen-bond acceptors (Lipinski definition) is 7. The number of anilines is 1. The van der Waals surface area contributed by atoms with E-state index < -0.39 is 52.6 Å². The lowest BCUT2D eigenvalue weighted by atomic mass is 9.51. The van der Waals surface area contributed by atoms with E-state index in [1.807, 2.05) is 6.08 Å². The number of phenolic OH excluding ortho intramolecular Hbond substituents is 1. The number of carbonyl (C=O) groups is 4. The molecule has 3 aliphatic carbocycles. The number of amides is 4. The van der Waals surface area contributed by atoms with Crippen molar-refractivity contribution in [1.82, 2.24) is 4.90 Å². The van der Waals surface area contributed by atoms with Crippen molar-refractivity contribution in [3.8, 4) is 17.2 Å². The quantitative estimate of drug-likeness (QED) is 0.323. The maximum Gasteiger partial charge on any atom is 0.241 e. The lowest BCUT2D eigenvalue weighted by Gasteiger charge is -2.49. The van der Waals surface area contributed by atoms with Crippen LogP contribution in [0.1, 0.15) is 63.4 Å². The fourth-order valence-corrected chi connectivity index (χ4v) is 9.24. The molecule has 7 rings (SSSR count). The Morgan fingerprint density at radius 2 is 1.61 bits per heavy atom. The van der Waals surface area contributed by atoms with Gasteiger partial charge in [0.2, 0.25) is 29.4 Å². The number of fused-ring (bicyclic) bond motifs is 4. The normalized spacial score (nSPS) is 31.1. The Bertz CT molecular complexity index is 1680. The molecule has 0 aromatic heterocycles. The van der Waals surface area contributed by atoms with E-state index in [-0.39, 0.29) is 52.2 Å². The monoisotopic (exact) mass is 650 g/mol. The van der Waals surface area contributed by atoms with Crippen LogP contribution in [0.25, 0.3) is 0 Å². The fourth-order valence-electron chi connectivity index (χ4n) is 9.07. The van der Waals surface area contributed by atoms with E-state index in [9.17, 15) is 28.7 Å². The number of benzene rings is 2. The third-order valence-corrected chi connectivity index (χ3v) is 11.5. The predicted octanol–water partition coefficient (Wildman–Crippen LogP) is 5.77. The molecule has 4 amide bonds. The number of halogens is 2. The number of rotatable bonds is 5. The summed E-state index contributed by atoms with van der Waals surface area (Å²) in [7, 11) is 2.81. The van der Waals surface area contributed by atoms with Gasteiger partial charge < -0.3 is 14.6 Å². The molecule has 2 heterocycles. The van der Waals surface area contributed by atoms with Crippen LogP contribution >= 0.6 is 11.6 Å². The van der Waals surface area contributed by atoms with Crippen molar-refractivity contribution in [2.24, 2.45) is 29.1 Å². The lowest BCUT2D eigenvalue weighted by Crippen LogP contribution is -2.49. The van der Waals surface area contributed by atoms with Crippen LogP contribution in [0.4, 0.5) is 10.1 Å². The minimum atomic E-state index is -1.34.